The minimum Gasteiger partial charge on any atom is -0.465 e. The van der Waals surface area contributed by atoms with Crippen molar-refractivity contribution in [3.05, 3.63) is 59.9 Å². The summed E-state index contributed by atoms with van der Waals surface area (Å²) in [6.45, 7) is 0. The van der Waals surface area contributed by atoms with Gasteiger partial charge in [-0.15, -0.1) is 0 Å². The predicted octanol–water partition coefficient (Wildman–Crippen LogP) is 2.44. The maximum Gasteiger partial charge on any atom is 0.339 e. The molecule has 1 N–H and O–H groups in total. The molecule has 1 amide bonds. The van der Waals surface area contributed by atoms with Gasteiger partial charge in [0.2, 0.25) is 5.91 Å². The zero-order valence-corrected chi connectivity index (χ0v) is 11.7. The summed E-state index contributed by atoms with van der Waals surface area (Å²) in [5, 5.41) is 2.74. The lowest BCUT2D eigenvalue weighted by Crippen LogP contribution is -2.15. The third-order valence-electron chi connectivity index (χ3n) is 3.00. The Morgan fingerprint density at radius 3 is 2.57 bits per heavy atom. The highest BCUT2D eigenvalue weighted by atomic mass is 16.5. The van der Waals surface area contributed by atoms with Gasteiger partial charge in [0.1, 0.15) is 0 Å². The number of nitrogens with zero attached hydrogens (tertiary/aromatic N) is 1. The van der Waals surface area contributed by atoms with E-state index in [9.17, 15) is 9.59 Å². The van der Waals surface area contributed by atoms with Gasteiger partial charge in [-0.3, -0.25) is 9.78 Å². The predicted molar refractivity (Wildman–Crippen MR) is 79.0 cm³/mol. The first kappa shape index (κ1) is 14.7. The number of hydrogen-bond acceptors (Lipinski definition) is 4. The summed E-state index contributed by atoms with van der Waals surface area (Å²) in [7, 11) is 1.31. The molecule has 2 rings (SSSR count). The lowest BCUT2D eigenvalue weighted by Gasteiger charge is -2.09. The molecule has 0 aliphatic rings. The number of anilines is 1. The summed E-state index contributed by atoms with van der Waals surface area (Å²) in [5.74, 6) is -0.622. The van der Waals surface area contributed by atoms with Crippen LogP contribution in [0.4, 0.5) is 5.69 Å². The van der Waals surface area contributed by atoms with Gasteiger partial charge in [0.15, 0.2) is 0 Å². The minimum atomic E-state index is -0.472. The van der Waals surface area contributed by atoms with Gasteiger partial charge >= 0.3 is 5.97 Å². The van der Waals surface area contributed by atoms with E-state index < -0.39 is 5.97 Å². The van der Waals surface area contributed by atoms with Crippen LogP contribution < -0.4 is 5.32 Å². The molecule has 1 heterocycles. The fourth-order valence-electron chi connectivity index (χ4n) is 1.90. The summed E-state index contributed by atoms with van der Waals surface area (Å²) in [6.07, 6.45) is 4.34. The lowest BCUT2D eigenvalue weighted by molar-refractivity contribution is -0.116. The van der Waals surface area contributed by atoms with E-state index in [1.807, 2.05) is 12.1 Å². The quantitative estimate of drug-likeness (QED) is 0.856. The van der Waals surface area contributed by atoms with Gasteiger partial charge in [0.25, 0.3) is 0 Å². The highest BCUT2D eigenvalue weighted by molar-refractivity contribution is 6.01. The van der Waals surface area contributed by atoms with Crippen LogP contribution in [0.15, 0.2) is 48.8 Å². The van der Waals surface area contributed by atoms with Crippen molar-refractivity contribution in [1.29, 1.82) is 0 Å². The number of hydrogen-bond donors (Lipinski definition) is 1. The van der Waals surface area contributed by atoms with Crippen LogP contribution in [0.2, 0.25) is 0 Å². The van der Waals surface area contributed by atoms with Crippen molar-refractivity contribution in [1.82, 2.24) is 4.98 Å². The van der Waals surface area contributed by atoms with Crippen LogP contribution >= 0.6 is 0 Å². The molecule has 0 bridgehead atoms. The molecule has 0 unspecified atom stereocenters. The van der Waals surface area contributed by atoms with Crippen LogP contribution in [0.1, 0.15) is 22.3 Å². The first-order valence-electron chi connectivity index (χ1n) is 6.57. The molecular formula is C16H16N2O3. The molecule has 5 heteroatoms. The molecule has 1 aromatic heterocycles. The smallest absolute Gasteiger partial charge is 0.339 e. The van der Waals surface area contributed by atoms with E-state index in [2.05, 4.69) is 10.3 Å². The molecule has 5 nitrogen and oxygen atoms in total. The normalized spacial score (nSPS) is 9.95. The van der Waals surface area contributed by atoms with Crippen molar-refractivity contribution >= 4 is 17.6 Å². The maximum absolute atomic E-state index is 12.0. The number of carbonyl (C=O) groups excluding carboxylic acids is 2. The van der Waals surface area contributed by atoms with E-state index in [1.165, 1.54) is 7.11 Å². The number of ether oxygens (including phenoxy) is 1. The van der Waals surface area contributed by atoms with Crippen LogP contribution in [0.25, 0.3) is 0 Å². The molecule has 108 valence electrons. The van der Waals surface area contributed by atoms with Crippen LogP contribution in [-0.4, -0.2) is 24.0 Å². The van der Waals surface area contributed by atoms with Crippen molar-refractivity contribution in [2.24, 2.45) is 0 Å². The van der Waals surface area contributed by atoms with Gasteiger partial charge in [-0.05, 0) is 36.2 Å². The molecule has 0 atom stereocenters. The zero-order valence-electron chi connectivity index (χ0n) is 11.7. The van der Waals surface area contributed by atoms with E-state index in [1.54, 1.807) is 36.7 Å². The molecule has 0 spiro atoms. The number of para-hydroxylation sites is 1. The number of amides is 1. The second-order valence-corrected chi connectivity index (χ2v) is 4.44. The molecule has 0 saturated carbocycles. The van der Waals surface area contributed by atoms with E-state index in [0.717, 1.165) is 5.56 Å². The van der Waals surface area contributed by atoms with Crippen molar-refractivity contribution in [2.45, 2.75) is 12.8 Å². The average molecular weight is 284 g/mol. The summed E-state index contributed by atoms with van der Waals surface area (Å²) in [4.78, 5) is 27.5. The van der Waals surface area contributed by atoms with Crippen LogP contribution in [-0.2, 0) is 16.0 Å². The van der Waals surface area contributed by atoms with Crippen LogP contribution in [0.5, 0.6) is 0 Å². The molecule has 0 radical (unpaired) electrons. The molecular weight excluding hydrogens is 268 g/mol. The first-order valence-corrected chi connectivity index (χ1v) is 6.57. The number of benzene rings is 1. The van der Waals surface area contributed by atoms with Gasteiger partial charge < -0.3 is 10.1 Å². The lowest BCUT2D eigenvalue weighted by atomic mass is 10.1. The number of rotatable bonds is 5. The zero-order chi connectivity index (χ0) is 15.1. The highest BCUT2D eigenvalue weighted by Crippen LogP contribution is 2.16. The van der Waals surface area contributed by atoms with Gasteiger partial charge in [-0.25, -0.2) is 4.79 Å². The van der Waals surface area contributed by atoms with Gasteiger partial charge in [-0.1, -0.05) is 12.1 Å². The molecule has 0 aliphatic carbocycles. The number of carbonyl (C=O) groups is 2. The first-order chi connectivity index (χ1) is 10.2. The van der Waals surface area contributed by atoms with Crippen LogP contribution in [0.3, 0.4) is 0 Å². The molecule has 0 fully saturated rings. The second kappa shape index (κ2) is 7.19. The maximum atomic E-state index is 12.0. The summed E-state index contributed by atoms with van der Waals surface area (Å²) >= 11 is 0. The van der Waals surface area contributed by atoms with Gasteiger partial charge in [-0.2, -0.15) is 0 Å². The van der Waals surface area contributed by atoms with E-state index >= 15 is 0 Å². The fourth-order valence-corrected chi connectivity index (χ4v) is 1.90. The van der Waals surface area contributed by atoms with Crippen LogP contribution in [0, 0.1) is 0 Å². The van der Waals surface area contributed by atoms with Crippen molar-refractivity contribution in [3.63, 3.8) is 0 Å². The Kier molecular flexibility index (Phi) is 5.04. The average Bonchev–Trinajstić information content (AvgIpc) is 2.54. The molecule has 0 saturated heterocycles. The third-order valence-corrected chi connectivity index (χ3v) is 3.00. The van der Waals surface area contributed by atoms with Crippen molar-refractivity contribution in [3.8, 4) is 0 Å². The Balaban J connectivity index is 1.98. The van der Waals surface area contributed by atoms with E-state index in [4.69, 9.17) is 4.74 Å². The minimum absolute atomic E-state index is 0.150. The number of aryl methyl sites for hydroxylation is 1. The number of aromatic nitrogens is 1. The summed E-state index contributed by atoms with van der Waals surface area (Å²) in [6, 6.07) is 10.5. The molecule has 0 aliphatic heterocycles. The van der Waals surface area contributed by atoms with Gasteiger partial charge in [0.05, 0.1) is 18.4 Å². The third kappa shape index (κ3) is 4.14. The Hall–Kier alpha value is -2.69. The van der Waals surface area contributed by atoms with E-state index in [-0.39, 0.29) is 5.91 Å². The number of pyridine rings is 1. The largest absolute Gasteiger partial charge is 0.465 e. The molecule has 2 aromatic rings. The molecule has 1 aromatic carbocycles. The fraction of sp³-hybridized carbons (Fsp3) is 0.188. The number of esters is 1. The summed E-state index contributed by atoms with van der Waals surface area (Å²) < 4.78 is 4.69. The second-order valence-electron chi connectivity index (χ2n) is 4.44. The van der Waals surface area contributed by atoms with Crippen molar-refractivity contribution < 1.29 is 14.3 Å². The molecule has 21 heavy (non-hydrogen) atoms. The Morgan fingerprint density at radius 1 is 1.14 bits per heavy atom. The van der Waals surface area contributed by atoms with Crippen molar-refractivity contribution in [2.75, 3.05) is 12.4 Å². The van der Waals surface area contributed by atoms with E-state index in [0.29, 0.717) is 24.1 Å². The topological polar surface area (TPSA) is 68.3 Å². The SMILES string of the molecule is COC(=O)c1ccccc1NC(=O)CCc1ccncc1. The van der Waals surface area contributed by atoms with Gasteiger partial charge in [0, 0.05) is 18.8 Å². The summed E-state index contributed by atoms with van der Waals surface area (Å²) in [5.41, 5.74) is 1.85. The number of methoxy groups -OCH3 is 1. The monoisotopic (exact) mass is 284 g/mol. The Bertz CT molecular complexity index is 626. The Morgan fingerprint density at radius 2 is 1.86 bits per heavy atom. The Labute approximate surface area is 123 Å². The standard InChI is InChI=1S/C16H16N2O3/c1-21-16(20)13-4-2-3-5-14(13)18-15(19)7-6-12-8-10-17-11-9-12/h2-5,8-11H,6-7H2,1H3,(H,18,19). The number of nitrogens with one attached hydrogen (secondary N) is 1. The highest BCUT2D eigenvalue weighted by Gasteiger charge is 2.13.